The minimum absolute atomic E-state index is 0.0486. The second kappa shape index (κ2) is 7.87. The molecule has 23 heavy (non-hydrogen) atoms. The minimum Gasteiger partial charge on any atom is -0.454 e. The van der Waals surface area contributed by atoms with E-state index in [1.54, 1.807) is 12.1 Å². The second-order valence-electron chi connectivity index (χ2n) is 5.05. The molecule has 1 aliphatic rings. The number of ether oxygens (including phenoxy) is 3. The summed E-state index contributed by atoms with van der Waals surface area (Å²) in [5.41, 5.74) is 0.667. The van der Waals surface area contributed by atoms with E-state index in [9.17, 15) is 9.59 Å². The zero-order valence-electron chi connectivity index (χ0n) is 12.9. The lowest BCUT2D eigenvalue weighted by molar-refractivity contribution is -0.144. The lowest BCUT2D eigenvalue weighted by atomic mass is 10.2. The van der Waals surface area contributed by atoms with Gasteiger partial charge in [0.05, 0.1) is 5.02 Å². The summed E-state index contributed by atoms with van der Waals surface area (Å²) in [4.78, 5) is 23.1. The van der Waals surface area contributed by atoms with Gasteiger partial charge in [0, 0.05) is 12.1 Å². The first-order chi connectivity index (χ1) is 11.0. The van der Waals surface area contributed by atoms with Crippen molar-refractivity contribution in [1.82, 2.24) is 5.32 Å². The number of benzene rings is 1. The van der Waals surface area contributed by atoms with Crippen LogP contribution in [0.15, 0.2) is 18.2 Å². The number of nitrogens with one attached hydrogen (secondary N) is 1. The number of amides is 1. The molecule has 0 spiro atoms. The number of fused-ring (bicyclic) bond motifs is 1. The number of carbonyl (C=O) groups is 2. The zero-order valence-corrected chi connectivity index (χ0v) is 13.7. The average Bonchev–Trinajstić information content (AvgIpc) is 2.99. The highest BCUT2D eigenvalue weighted by molar-refractivity contribution is 6.32. The first kappa shape index (κ1) is 17.1. The van der Waals surface area contributed by atoms with Gasteiger partial charge in [-0.15, -0.1) is 0 Å². The third-order valence-corrected chi connectivity index (χ3v) is 3.51. The van der Waals surface area contributed by atoms with E-state index < -0.39 is 5.97 Å². The zero-order chi connectivity index (χ0) is 16.8. The summed E-state index contributed by atoms with van der Waals surface area (Å²) >= 11 is 6.05. The van der Waals surface area contributed by atoms with Crippen molar-refractivity contribution < 1.29 is 23.8 Å². The van der Waals surface area contributed by atoms with Crippen LogP contribution in [0.25, 0.3) is 6.08 Å². The Hall–Kier alpha value is -2.21. The maximum Gasteiger partial charge on any atom is 0.331 e. The standard InChI is InChI=1S/C16H18ClNO5/c1-3-10(2)18-14(19)8-21-15(20)5-4-11-6-12(17)16-13(7-11)22-9-23-16/h4-7,10H,3,8-9H2,1-2H3,(H,18,19)/b5-4+/t10-/m1/s1. The third kappa shape index (κ3) is 4.89. The number of esters is 1. The molecule has 0 saturated carbocycles. The normalized spacial score (nSPS) is 13.9. The van der Waals surface area contributed by atoms with Crippen molar-refractivity contribution in [2.45, 2.75) is 26.3 Å². The SMILES string of the molecule is CC[C@@H](C)NC(=O)COC(=O)/C=C/c1cc(Cl)c2c(c1)OCO2. The monoisotopic (exact) mass is 339 g/mol. The number of carbonyl (C=O) groups excluding carboxylic acids is 2. The van der Waals surface area contributed by atoms with Crippen LogP contribution < -0.4 is 14.8 Å². The molecular formula is C16H18ClNO5. The van der Waals surface area contributed by atoms with Crippen LogP contribution in [0.5, 0.6) is 11.5 Å². The fraction of sp³-hybridized carbons (Fsp3) is 0.375. The van der Waals surface area contributed by atoms with Gasteiger partial charge in [-0.05, 0) is 37.1 Å². The smallest absolute Gasteiger partial charge is 0.331 e. The van der Waals surface area contributed by atoms with Gasteiger partial charge in [0.1, 0.15) is 0 Å². The summed E-state index contributed by atoms with van der Waals surface area (Å²) in [6.07, 6.45) is 3.57. The van der Waals surface area contributed by atoms with Crippen LogP contribution in [0.1, 0.15) is 25.8 Å². The molecule has 0 unspecified atom stereocenters. The molecule has 124 valence electrons. The Kier molecular flexibility index (Phi) is 5.87. The molecular weight excluding hydrogens is 322 g/mol. The van der Waals surface area contributed by atoms with E-state index in [4.69, 9.17) is 25.8 Å². The summed E-state index contributed by atoms with van der Waals surface area (Å²) in [6, 6.07) is 3.40. The highest BCUT2D eigenvalue weighted by Gasteiger charge is 2.17. The number of halogens is 1. The van der Waals surface area contributed by atoms with Crippen LogP contribution in [0.3, 0.4) is 0 Å². The Morgan fingerprint density at radius 1 is 1.43 bits per heavy atom. The van der Waals surface area contributed by atoms with Crippen LogP contribution >= 0.6 is 11.6 Å². The van der Waals surface area contributed by atoms with Crippen molar-refractivity contribution in [2.75, 3.05) is 13.4 Å². The van der Waals surface area contributed by atoms with Crippen molar-refractivity contribution in [2.24, 2.45) is 0 Å². The summed E-state index contributed by atoms with van der Waals surface area (Å²) in [7, 11) is 0. The maximum atomic E-state index is 11.6. The van der Waals surface area contributed by atoms with Crippen LogP contribution in [0.4, 0.5) is 0 Å². The summed E-state index contributed by atoms with van der Waals surface area (Å²) in [6.45, 7) is 3.64. The molecule has 1 amide bonds. The van der Waals surface area contributed by atoms with Gasteiger partial charge in [-0.25, -0.2) is 4.79 Å². The molecule has 1 aromatic rings. The molecule has 0 saturated heterocycles. The third-order valence-electron chi connectivity index (χ3n) is 3.23. The molecule has 2 rings (SSSR count). The predicted molar refractivity (Wildman–Crippen MR) is 85.5 cm³/mol. The summed E-state index contributed by atoms with van der Waals surface area (Å²) < 4.78 is 15.3. The van der Waals surface area contributed by atoms with Crippen molar-refractivity contribution in [3.63, 3.8) is 0 Å². The van der Waals surface area contributed by atoms with E-state index in [0.717, 1.165) is 6.42 Å². The van der Waals surface area contributed by atoms with Crippen LogP contribution in [-0.4, -0.2) is 31.3 Å². The Morgan fingerprint density at radius 3 is 2.96 bits per heavy atom. The largest absolute Gasteiger partial charge is 0.454 e. The van der Waals surface area contributed by atoms with Crippen molar-refractivity contribution >= 4 is 29.6 Å². The van der Waals surface area contributed by atoms with E-state index in [0.29, 0.717) is 22.1 Å². The van der Waals surface area contributed by atoms with Gasteiger partial charge < -0.3 is 19.5 Å². The lowest BCUT2D eigenvalue weighted by Gasteiger charge is -2.10. The predicted octanol–water partition coefficient (Wildman–Crippen LogP) is 2.54. The minimum atomic E-state index is -0.613. The molecule has 6 nitrogen and oxygen atoms in total. The molecule has 1 atom stereocenters. The van der Waals surface area contributed by atoms with Crippen molar-refractivity contribution in [3.05, 3.63) is 28.8 Å². The fourth-order valence-electron chi connectivity index (χ4n) is 1.85. The first-order valence-electron chi connectivity index (χ1n) is 7.23. The maximum absolute atomic E-state index is 11.6. The van der Waals surface area contributed by atoms with Crippen LogP contribution in [-0.2, 0) is 14.3 Å². The molecule has 0 radical (unpaired) electrons. The van der Waals surface area contributed by atoms with Gasteiger partial charge >= 0.3 is 5.97 Å². The van der Waals surface area contributed by atoms with Crippen molar-refractivity contribution in [3.8, 4) is 11.5 Å². The fourth-order valence-corrected chi connectivity index (χ4v) is 2.12. The Morgan fingerprint density at radius 2 is 2.22 bits per heavy atom. The molecule has 1 aromatic carbocycles. The molecule has 0 fully saturated rings. The van der Waals surface area contributed by atoms with Crippen molar-refractivity contribution in [1.29, 1.82) is 0 Å². The summed E-state index contributed by atoms with van der Waals surface area (Å²) in [5.74, 6) is 0.0804. The quantitative estimate of drug-likeness (QED) is 0.637. The van der Waals surface area contributed by atoms with Gasteiger partial charge in [0.25, 0.3) is 5.91 Å². The Labute approximate surface area is 139 Å². The van der Waals surface area contributed by atoms with Gasteiger partial charge in [0.15, 0.2) is 18.1 Å². The highest BCUT2D eigenvalue weighted by atomic mass is 35.5. The van der Waals surface area contributed by atoms with E-state index in [1.165, 1.54) is 12.2 Å². The number of rotatable bonds is 6. The first-order valence-corrected chi connectivity index (χ1v) is 7.60. The molecule has 7 heteroatoms. The summed E-state index contributed by atoms with van der Waals surface area (Å²) in [5, 5.41) is 3.11. The van der Waals surface area contributed by atoms with E-state index >= 15 is 0 Å². The topological polar surface area (TPSA) is 73.9 Å². The molecule has 0 aliphatic carbocycles. The van der Waals surface area contributed by atoms with E-state index in [2.05, 4.69) is 5.32 Å². The van der Waals surface area contributed by atoms with Gasteiger partial charge in [-0.2, -0.15) is 0 Å². The number of hydrogen-bond acceptors (Lipinski definition) is 5. The van der Waals surface area contributed by atoms with Gasteiger partial charge in [0.2, 0.25) is 6.79 Å². The van der Waals surface area contributed by atoms with Crippen LogP contribution in [0, 0.1) is 0 Å². The van der Waals surface area contributed by atoms with E-state index in [1.807, 2.05) is 13.8 Å². The number of hydrogen-bond donors (Lipinski definition) is 1. The average molecular weight is 340 g/mol. The van der Waals surface area contributed by atoms with Gasteiger partial charge in [-0.1, -0.05) is 18.5 Å². The molecule has 1 aliphatic heterocycles. The second-order valence-corrected chi connectivity index (χ2v) is 5.46. The lowest BCUT2D eigenvalue weighted by Crippen LogP contribution is -2.35. The Balaban J connectivity index is 1.87. The molecule has 0 bridgehead atoms. The van der Waals surface area contributed by atoms with Crippen LogP contribution in [0.2, 0.25) is 5.02 Å². The Bertz CT molecular complexity index is 629. The van der Waals surface area contributed by atoms with Gasteiger partial charge in [-0.3, -0.25) is 4.79 Å². The van der Waals surface area contributed by atoms with E-state index in [-0.39, 0.29) is 25.3 Å². The highest BCUT2D eigenvalue weighted by Crippen LogP contribution is 2.40. The molecule has 0 aromatic heterocycles. The molecule has 1 N–H and O–H groups in total. The molecule has 1 heterocycles.